The van der Waals surface area contributed by atoms with Gasteiger partial charge in [0, 0.05) is 24.2 Å². The Morgan fingerprint density at radius 1 is 1.07 bits per heavy atom. The number of hydrogen-bond acceptors (Lipinski definition) is 2. The van der Waals surface area contributed by atoms with Gasteiger partial charge in [-0.1, -0.05) is 35.9 Å². The van der Waals surface area contributed by atoms with Crippen molar-refractivity contribution in [1.29, 1.82) is 0 Å². The quantitative estimate of drug-likeness (QED) is 0.699. The summed E-state index contributed by atoms with van der Waals surface area (Å²) in [5.41, 5.74) is -0.258. The molecule has 6 heteroatoms. The number of rotatable bonds is 2. The van der Waals surface area contributed by atoms with Crippen molar-refractivity contribution in [3.05, 3.63) is 70.2 Å². The Bertz CT molecular complexity index is 838. The van der Waals surface area contributed by atoms with Gasteiger partial charge in [0.15, 0.2) is 0 Å². The Morgan fingerprint density at radius 2 is 1.82 bits per heavy atom. The Balaban J connectivity index is 1.48. The molecule has 28 heavy (non-hydrogen) atoms. The number of nitrogens with zero attached hydrogens (tertiary/aromatic N) is 1. The first-order valence-corrected chi connectivity index (χ1v) is 10.0. The second kappa shape index (κ2) is 7.36. The fourth-order valence-electron chi connectivity index (χ4n) is 4.68. The lowest BCUT2D eigenvalue weighted by Gasteiger charge is -2.48. The molecule has 4 rings (SSSR count). The summed E-state index contributed by atoms with van der Waals surface area (Å²) >= 11 is 5.98. The highest BCUT2D eigenvalue weighted by atomic mass is 35.5. The molecule has 2 aromatic carbocycles. The van der Waals surface area contributed by atoms with Crippen molar-refractivity contribution in [2.45, 2.75) is 49.4 Å². The summed E-state index contributed by atoms with van der Waals surface area (Å²) in [6.07, 6.45) is -1.56. The summed E-state index contributed by atoms with van der Waals surface area (Å²) in [6.45, 7) is 1.59. The monoisotopic (exact) mass is 409 g/mol. The van der Waals surface area contributed by atoms with Crippen LogP contribution in [-0.2, 0) is 11.8 Å². The Labute approximate surface area is 167 Å². The molecule has 2 aliphatic rings. The molecular weight excluding hydrogens is 387 g/mol. The van der Waals surface area contributed by atoms with E-state index < -0.39 is 17.3 Å². The van der Waals surface area contributed by atoms with Crippen LogP contribution in [0.5, 0.6) is 0 Å². The third-order valence-corrected chi connectivity index (χ3v) is 6.53. The molecule has 2 fully saturated rings. The van der Waals surface area contributed by atoms with Gasteiger partial charge in [0.05, 0.1) is 11.2 Å². The maximum atomic E-state index is 13.1. The van der Waals surface area contributed by atoms with Crippen LogP contribution in [0.1, 0.15) is 48.3 Å². The summed E-state index contributed by atoms with van der Waals surface area (Å²) in [4.78, 5) is 2.38. The molecular formula is C22H23ClF3NO. The lowest BCUT2D eigenvalue weighted by atomic mass is 9.75. The first-order valence-electron chi connectivity index (χ1n) is 9.64. The maximum Gasteiger partial charge on any atom is 0.416 e. The highest BCUT2D eigenvalue weighted by Gasteiger charge is 2.43. The van der Waals surface area contributed by atoms with Crippen LogP contribution < -0.4 is 0 Å². The van der Waals surface area contributed by atoms with E-state index in [1.807, 2.05) is 12.1 Å². The zero-order valence-corrected chi connectivity index (χ0v) is 16.2. The smallest absolute Gasteiger partial charge is 0.385 e. The van der Waals surface area contributed by atoms with E-state index in [1.165, 1.54) is 11.6 Å². The summed E-state index contributed by atoms with van der Waals surface area (Å²) < 4.78 is 39.2. The van der Waals surface area contributed by atoms with E-state index in [0.29, 0.717) is 30.9 Å². The first kappa shape index (κ1) is 19.7. The molecule has 150 valence electrons. The molecule has 2 saturated heterocycles. The Kier molecular flexibility index (Phi) is 5.19. The van der Waals surface area contributed by atoms with E-state index in [4.69, 9.17) is 11.6 Å². The van der Waals surface area contributed by atoms with E-state index in [-0.39, 0.29) is 6.04 Å². The van der Waals surface area contributed by atoms with Crippen molar-refractivity contribution >= 4 is 11.6 Å². The molecule has 0 aromatic heterocycles. The summed E-state index contributed by atoms with van der Waals surface area (Å²) in [6, 6.07) is 13.3. The van der Waals surface area contributed by atoms with Gasteiger partial charge in [-0.3, -0.25) is 4.90 Å². The van der Waals surface area contributed by atoms with Gasteiger partial charge in [-0.25, -0.2) is 0 Å². The number of piperidine rings is 2. The first-order chi connectivity index (χ1) is 13.2. The van der Waals surface area contributed by atoms with Crippen LogP contribution in [0.4, 0.5) is 13.2 Å². The fourth-order valence-corrected chi connectivity index (χ4v) is 4.81. The second-order valence-electron chi connectivity index (χ2n) is 8.04. The number of aliphatic hydroxyl groups is 1. The van der Waals surface area contributed by atoms with Gasteiger partial charge in [0.1, 0.15) is 0 Å². The van der Waals surface area contributed by atoms with Crippen LogP contribution in [0.25, 0.3) is 0 Å². The molecule has 0 bridgehead atoms. The molecule has 2 aromatic rings. The zero-order chi connectivity index (χ0) is 19.9. The van der Waals surface area contributed by atoms with Gasteiger partial charge in [0.25, 0.3) is 0 Å². The SMILES string of the molecule is O[C@]1(c2cccc(C(F)(F)F)c2)CCN2C[C@H](c3ccc(Cl)cc3)CC[C@H]2C1. The molecule has 0 unspecified atom stereocenters. The van der Waals surface area contributed by atoms with Gasteiger partial charge in [-0.2, -0.15) is 13.2 Å². The Morgan fingerprint density at radius 3 is 2.54 bits per heavy atom. The minimum Gasteiger partial charge on any atom is -0.385 e. The number of halogens is 4. The van der Waals surface area contributed by atoms with Crippen molar-refractivity contribution in [1.82, 2.24) is 4.90 Å². The van der Waals surface area contributed by atoms with Crippen LogP contribution in [-0.4, -0.2) is 29.1 Å². The standard InChI is InChI=1S/C22H23ClF3NO/c23-19-7-4-15(5-8-19)16-6-9-20-13-21(28,10-11-27(20)14-16)17-2-1-3-18(12-17)22(24,25)26/h1-5,7-8,12,16,20,28H,6,9-11,13-14H2/t16-,20+,21-/m1/s1. The van der Waals surface area contributed by atoms with Crippen molar-refractivity contribution < 1.29 is 18.3 Å². The number of hydrogen-bond donors (Lipinski definition) is 1. The molecule has 0 radical (unpaired) electrons. The second-order valence-corrected chi connectivity index (χ2v) is 8.48. The van der Waals surface area contributed by atoms with Crippen LogP contribution in [0.3, 0.4) is 0 Å². The van der Waals surface area contributed by atoms with Gasteiger partial charge < -0.3 is 5.11 Å². The third-order valence-electron chi connectivity index (χ3n) is 6.27. The van der Waals surface area contributed by atoms with Gasteiger partial charge in [0.2, 0.25) is 0 Å². The van der Waals surface area contributed by atoms with Crippen LogP contribution in [0, 0.1) is 0 Å². The molecule has 0 amide bonds. The van der Waals surface area contributed by atoms with E-state index >= 15 is 0 Å². The van der Waals surface area contributed by atoms with Gasteiger partial charge >= 0.3 is 6.18 Å². The highest BCUT2D eigenvalue weighted by Crippen LogP contribution is 2.43. The minimum absolute atomic E-state index is 0.192. The van der Waals surface area contributed by atoms with Crippen LogP contribution in [0.2, 0.25) is 5.02 Å². The average molecular weight is 410 g/mol. The fraction of sp³-hybridized carbons (Fsp3) is 0.455. The van der Waals surface area contributed by atoms with Crippen molar-refractivity contribution in [2.24, 2.45) is 0 Å². The van der Waals surface area contributed by atoms with Crippen LogP contribution >= 0.6 is 11.6 Å². The third kappa shape index (κ3) is 3.93. The molecule has 0 aliphatic carbocycles. The molecule has 2 aliphatic heterocycles. The highest BCUT2D eigenvalue weighted by molar-refractivity contribution is 6.30. The average Bonchev–Trinajstić information content (AvgIpc) is 2.68. The zero-order valence-electron chi connectivity index (χ0n) is 15.4. The lowest BCUT2D eigenvalue weighted by molar-refractivity contribution is -0.137. The topological polar surface area (TPSA) is 23.5 Å². The Hall–Kier alpha value is -1.56. The van der Waals surface area contributed by atoms with E-state index in [0.717, 1.165) is 36.5 Å². The van der Waals surface area contributed by atoms with Crippen molar-refractivity contribution in [3.63, 3.8) is 0 Å². The van der Waals surface area contributed by atoms with E-state index in [2.05, 4.69) is 17.0 Å². The largest absolute Gasteiger partial charge is 0.416 e. The molecule has 2 nitrogen and oxygen atoms in total. The summed E-state index contributed by atoms with van der Waals surface area (Å²) in [5.74, 6) is 0.424. The van der Waals surface area contributed by atoms with E-state index in [1.54, 1.807) is 6.07 Å². The molecule has 0 saturated carbocycles. The molecule has 0 spiro atoms. The van der Waals surface area contributed by atoms with Crippen molar-refractivity contribution in [2.75, 3.05) is 13.1 Å². The predicted molar refractivity (Wildman–Crippen MR) is 103 cm³/mol. The molecule has 2 heterocycles. The van der Waals surface area contributed by atoms with Gasteiger partial charge in [-0.05, 0) is 67.0 Å². The van der Waals surface area contributed by atoms with Gasteiger partial charge in [-0.15, -0.1) is 0 Å². The lowest BCUT2D eigenvalue weighted by Crippen LogP contribution is -2.52. The minimum atomic E-state index is -4.40. The normalized spacial score (nSPS) is 28.8. The predicted octanol–water partition coefficient (Wildman–Crippen LogP) is 5.59. The number of benzene rings is 2. The molecule has 3 atom stereocenters. The van der Waals surface area contributed by atoms with E-state index in [9.17, 15) is 18.3 Å². The molecule has 1 N–H and O–H groups in total. The maximum absolute atomic E-state index is 13.1. The van der Waals surface area contributed by atoms with Crippen molar-refractivity contribution in [3.8, 4) is 0 Å². The summed E-state index contributed by atoms with van der Waals surface area (Å²) in [7, 11) is 0. The summed E-state index contributed by atoms with van der Waals surface area (Å²) in [5, 5.41) is 11.9. The number of alkyl halides is 3. The number of fused-ring (bicyclic) bond motifs is 1. The van der Waals surface area contributed by atoms with Crippen LogP contribution in [0.15, 0.2) is 48.5 Å².